The van der Waals surface area contributed by atoms with Gasteiger partial charge in [-0.1, -0.05) is 0 Å². The van der Waals surface area contributed by atoms with E-state index in [1.165, 1.54) is 0 Å². The number of halogens is 7. The van der Waals surface area contributed by atoms with Crippen LogP contribution in [0.4, 0.5) is 30.7 Å². The molecule has 0 aliphatic carbocycles. The van der Waals surface area contributed by atoms with Gasteiger partial charge in [0, 0.05) is 12.6 Å². The Morgan fingerprint density at radius 1 is 0.833 bits per heavy atom. The Hall–Kier alpha value is -2.27. The molecule has 0 aliphatic heterocycles. The zero-order valence-electron chi connectivity index (χ0n) is 14.0. The van der Waals surface area contributed by atoms with Crippen molar-refractivity contribution in [2.45, 2.75) is 9.79 Å². The van der Waals surface area contributed by atoms with Gasteiger partial charge in [-0.15, -0.1) is 0 Å². The second-order valence-electron chi connectivity index (χ2n) is 5.28. The lowest BCUT2D eigenvalue weighted by Gasteiger charge is -2.27. The molecular weight excluding hydrogens is 475 g/mol. The van der Waals surface area contributed by atoms with Crippen molar-refractivity contribution >= 4 is 20.1 Å². The Balaban J connectivity index is 2.22. The summed E-state index contributed by atoms with van der Waals surface area (Å²) in [6.45, 7) is -2.86. The topological polar surface area (TPSA) is 104 Å². The van der Waals surface area contributed by atoms with Crippen LogP contribution in [0.2, 0.25) is 0 Å². The molecular formula is C14H7F7NO6S2-. The van der Waals surface area contributed by atoms with Crippen LogP contribution in [0.15, 0.2) is 28.0 Å². The van der Waals surface area contributed by atoms with Crippen LogP contribution >= 0.6 is 0 Å². The van der Waals surface area contributed by atoms with Crippen LogP contribution in [0.3, 0.4) is 0 Å². The van der Waals surface area contributed by atoms with E-state index in [4.69, 9.17) is 0 Å². The first kappa shape index (κ1) is 24.0. The smallest absolute Gasteiger partial charge is 0.303 e. The molecule has 0 saturated carbocycles. The van der Waals surface area contributed by atoms with Crippen molar-refractivity contribution in [3.05, 3.63) is 64.1 Å². The molecule has 0 unspecified atom stereocenters. The number of sulfonamides is 1. The molecule has 2 aromatic rings. The predicted octanol–water partition coefficient (Wildman–Crippen LogP) is 2.55. The Bertz CT molecular complexity index is 1170. The van der Waals surface area contributed by atoms with Crippen molar-refractivity contribution in [1.82, 2.24) is 4.47 Å². The minimum atomic E-state index is -5.68. The summed E-state index contributed by atoms with van der Waals surface area (Å²) in [4.78, 5) is -3.63. The molecule has 16 heteroatoms. The lowest BCUT2D eigenvalue weighted by molar-refractivity contribution is 0.287. The van der Waals surface area contributed by atoms with E-state index in [0.717, 1.165) is 0 Å². The second kappa shape index (κ2) is 8.46. The summed E-state index contributed by atoms with van der Waals surface area (Å²) >= 11 is 0. The number of hydrogen-bond acceptors (Lipinski definition) is 6. The van der Waals surface area contributed by atoms with E-state index >= 15 is 0 Å². The van der Waals surface area contributed by atoms with E-state index in [2.05, 4.69) is 4.18 Å². The van der Waals surface area contributed by atoms with Crippen LogP contribution in [-0.2, 0) is 24.3 Å². The summed E-state index contributed by atoms with van der Waals surface area (Å²) in [6.07, 6.45) is 0. The van der Waals surface area contributed by atoms with E-state index in [-0.39, 0.29) is 6.07 Å². The maximum Gasteiger partial charge on any atom is 0.303 e. The quantitative estimate of drug-likeness (QED) is 0.198. The Labute approximate surface area is 164 Å². The summed E-state index contributed by atoms with van der Waals surface area (Å²) in [7, 11) is -10.8. The van der Waals surface area contributed by atoms with Gasteiger partial charge in [0.2, 0.25) is 15.8 Å². The summed E-state index contributed by atoms with van der Waals surface area (Å²) in [5.41, 5.74) is 0. The molecule has 2 rings (SSSR count). The number of hydrogen-bond donors (Lipinski definition) is 0. The summed E-state index contributed by atoms with van der Waals surface area (Å²) in [6, 6.07) is 1.05. The van der Waals surface area contributed by atoms with Gasteiger partial charge in [0.15, 0.2) is 28.2 Å². The SMILES string of the molecule is O=S(=O)(OCCN([O-])S(=O)(=O)c1ccc(F)cc1F)c1c(F)c(F)c(F)c(F)c1F. The van der Waals surface area contributed by atoms with Crippen LogP contribution < -0.4 is 0 Å². The molecule has 0 spiro atoms. The highest BCUT2D eigenvalue weighted by Gasteiger charge is 2.34. The Morgan fingerprint density at radius 2 is 1.33 bits per heavy atom. The van der Waals surface area contributed by atoms with Gasteiger partial charge in [-0.25, -0.2) is 39.2 Å². The monoisotopic (exact) mass is 482 g/mol. The number of nitrogens with zero attached hydrogens (tertiary/aromatic N) is 1. The van der Waals surface area contributed by atoms with E-state index in [1.54, 1.807) is 0 Å². The minimum Gasteiger partial charge on any atom is -0.772 e. The average molecular weight is 482 g/mol. The molecule has 0 bridgehead atoms. The van der Waals surface area contributed by atoms with Crippen LogP contribution in [0.5, 0.6) is 0 Å². The molecule has 0 fully saturated rings. The van der Waals surface area contributed by atoms with E-state index in [0.29, 0.717) is 12.1 Å². The molecule has 166 valence electrons. The molecule has 0 atom stereocenters. The lowest BCUT2D eigenvalue weighted by Crippen LogP contribution is -2.30. The largest absolute Gasteiger partial charge is 0.772 e. The van der Waals surface area contributed by atoms with Crippen molar-refractivity contribution in [2.24, 2.45) is 0 Å². The molecule has 0 aromatic heterocycles. The molecule has 7 nitrogen and oxygen atoms in total. The zero-order chi connectivity index (χ0) is 23.0. The molecule has 0 heterocycles. The average Bonchev–Trinajstić information content (AvgIpc) is 2.64. The Morgan fingerprint density at radius 3 is 1.83 bits per heavy atom. The number of benzene rings is 2. The Kier molecular flexibility index (Phi) is 6.77. The van der Waals surface area contributed by atoms with E-state index < -0.39 is 88.3 Å². The number of rotatable bonds is 7. The maximum absolute atomic E-state index is 13.6. The van der Waals surface area contributed by atoms with Crippen LogP contribution in [0, 0.1) is 45.9 Å². The second-order valence-corrected chi connectivity index (χ2v) is 8.63. The molecule has 2 aromatic carbocycles. The first-order valence-electron chi connectivity index (χ1n) is 7.27. The van der Waals surface area contributed by atoms with Crippen LogP contribution in [-0.4, -0.2) is 34.5 Å². The lowest BCUT2D eigenvalue weighted by atomic mass is 10.3. The maximum atomic E-state index is 13.6. The molecule has 0 N–H and O–H groups in total. The van der Waals surface area contributed by atoms with Crippen molar-refractivity contribution in [3.63, 3.8) is 0 Å². The zero-order valence-corrected chi connectivity index (χ0v) is 15.6. The van der Waals surface area contributed by atoms with Crippen molar-refractivity contribution < 1.29 is 51.8 Å². The van der Waals surface area contributed by atoms with E-state index in [9.17, 15) is 52.8 Å². The van der Waals surface area contributed by atoms with Crippen LogP contribution in [0.1, 0.15) is 0 Å². The van der Waals surface area contributed by atoms with Gasteiger partial charge < -0.3 is 5.21 Å². The van der Waals surface area contributed by atoms with Gasteiger partial charge in [0.25, 0.3) is 0 Å². The highest BCUT2D eigenvalue weighted by atomic mass is 32.2. The van der Waals surface area contributed by atoms with E-state index in [1.807, 2.05) is 0 Å². The number of hydroxylamine groups is 1. The molecule has 30 heavy (non-hydrogen) atoms. The molecule has 0 radical (unpaired) electrons. The van der Waals surface area contributed by atoms with Gasteiger partial charge in [-0.3, -0.25) is 8.65 Å². The van der Waals surface area contributed by atoms with Gasteiger partial charge in [-0.05, 0) is 12.1 Å². The van der Waals surface area contributed by atoms with Crippen molar-refractivity contribution in [1.29, 1.82) is 0 Å². The first-order valence-corrected chi connectivity index (χ1v) is 10.1. The fraction of sp³-hybridized carbons (Fsp3) is 0.143. The van der Waals surface area contributed by atoms with Gasteiger partial charge in [0.1, 0.15) is 16.5 Å². The normalized spacial score (nSPS) is 12.6. The van der Waals surface area contributed by atoms with Gasteiger partial charge >= 0.3 is 10.1 Å². The molecule has 0 aliphatic rings. The third kappa shape index (κ3) is 4.41. The summed E-state index contributed by atoms with van der Waals surface area (Å²) in [5, 5.41) is 11.7. The first-order chi connectivity index (χ1) is 13.7. The van der Waals surface area contributed by atoms with Crippen molar-refractivity contribution in [3.8, 4) is 0 Å². The third-order valence-electron chi connectivity index (χ3n) is 3.37. The summed E-state index contributed by atoms with van der Waals surface area (Å²) < 4.78 is 143. The van der Waals surface area contributed by atoms with Crippen LogP contribution in [0.25, 0.3) is 0 Å². The van der Waals surface area contributed by atoms with Crippen molar-refractivity contribution in [2.75, 3.05) is 13.2 Å². The van der Waals surface area contributed by atoms with Gasteiger partial charge in [-0.2, -0.15) is 8.42 Å². The highest BCUT2D eigenvalue weighted by Crippen LogP contribution is 2.28. The fourth-order valence-corrected chi connectivity index (χ4v) is 4.11. The third-order valence-corrected chi connectivity index (χ3v) is 6.31. The van der Waals surface area contributed by atoms with Gasteiger partial charge in [0.05, 0.1) is 6.61 Å². The molecule has 0 amide bonds. The summed E-state index contributed by atoms with van der Waals surface area (Å²) in [5.74, 6) is -16.1. The standard InChI is InChI=1S/C14H7F7NO6S2/c15-6-1-2-8(7(16)5-6)29(24,25)22(23)3-4-28-30(26,27)14-12(20)10(18)9(17)11(19)13(14)21/h1-2,5H,3-4H2/q-1. The molecule has 0 saturated heterocycles. The fourth-order valence-electron chi connectivity index (χ4n) is 2.00. The minimum absolute atomic E-state index is 0.144. The predicted molar refractivity (Wildman–Crippen MR) is 83.0 cm³/mol. The highest BCUT2D eigenvalue weighted by molar-refractivity contribution is 7.89.